The Balaban J connectivity index is 1.72. The molecule has 0 spiro atoms. The summed E-state index contributed by atoms with van der Waals surface area (Å²) in [6.45, 7) is 0.660. The zero-order valence-corrected chi connectivity index (χ0v) is 12.1. The molecule has 0 saturated carbocycles. The van der Waals surface area contributed by atoms with Crippen molar-refractivity contribution < 1.29 is 4.74 Å². The third-order valence-electron chi connectivity index (χ3n) is 3.17. The summed E-state index contributed by atoms with van der Waals surface area (Å²) < 4.78 is 5.72. The average Bonchev–Trinajstić information content (AvgIpc) is 2.57. The van der Waals surface area contributed by atoms with Gasteiger partial charge in [0.05, 0.1) is 5.69 Å². The molecule has 110 valence electrons. The third-order valence-corrected chi connectivity index (χ3v) is 3.17. The van der Waals surface area contributed by atoms with Gasteiger partial charge in [-0.2, -0.15) is 4.98 Å². The first-order chi connectivity index (χ1) is 10.8. The van der Waals surface area contributed by atoms with Gasteiger partial charge in [-0.3, -0.25) is 0 Å². The molecule has 3 N–H and O–H groups in total. The van der Waals surface area contributed by atoms with Crippen molar-refractivity contribution in [3.63, 3.8) is 0 Å². The SMILES string of the molecule is Nc1ccc(Oc2ccccc2)nc1NCc1ccccc1. The van der Waals surface area contributed by atoms with Crippen LogP contribution in [0.15, 0.2) is 72.8 Å². The fourth-order valence-electron chi connectivity index (χ4n) is 2.04. The maximum Gasteiger partial charge on any atom is 0.221 e. The van der Waals surface area contributed by atoms with E-state index in [0.29, 0.717) is 23.9 Å². The second-order valence-electron chi connectivity index (χ2n) is 4.84. The summed E-state index contributed by atoms with van der Waals surface area (Å²) in [6, 6.07) is 23.2. The van der Waals surface area contributed by atoms with Crippen LogP contribution in [0.1, 0.15) is 5.56 Å². The number of benzene rings is 2. The molecule has 0 radical (unpaired) electrons. The van der Waals surface area contributed by atoms with Gasteiger partial charge in [0, 0.05) is 12.6 Å². The molecule has 0 aliphatic rings. The van der Waals surface area contributed by atoms with Crippen molar-refractivity contribution in [3.05, 3.63) is 78.4 Å². The number of para-hydroxylation sites is 1. The van der Waals surface area contributed by atoms with Crippen LogP contribution in [0.2, 0.25) is 0 Å². The normalized spacial score (nSPS) is 10.2. The van der Waals surface area contributed by atoms with Crippen LogP contribution < -0.4 is 15.8 Å². The van der Waals surface area contributed by atoms with Crippen LogP contribution in [0, 0.1) is 0 Å². The Morgan fingerprint density at radius 1 is 0.864 bits per heavy atom. The molecule has 0 fully saturated rings. The smallest absolute Gasteiger partial charge is 0.221 e. The topological polar surface area (TPSA) is 60.2 Å². The predicted octanol–water partition coefficient (Wildman–Crippen LogP) is 4.07. The fraction of sp³-hybridized carbons (Fsp3) is 0.0556. The highest BCUT2D eigenvalue weighted by molar-refractivity contribution is 5.62. The number of nitrogens with one attached hydrogen (secondary N) is 1. The Morgan fingerprint density at radius 2 is 1.55 bits per heavy atom. The lowest BCUT2D eigenvalue weighted by atomic mass is 10.2. The molecule has 3 rings (SSSR count). The molecule has 0 aliphatic heterocycles. The van der Waals surface area contributed by atoms with Crippen LogP contribution >= 0.6 is 0 Å². The number of rotatable bonds is 5. The number of aromatic nitrogens is 1. The van der Waals surface area contributed by atoms with Gasteiger partial charge in [0.2, 0.25) is 5.88 Å². The molecule has 0 aliphatic carbocycles. The minimum atomic E-state index is 0.510. The van der Waals surface area contributed by atoms with E-state index in [2.05, 4.69) is 10.3 Å². The molecule has 0 atom stereocenters. The lowest BCUT2D eigenvalue weighted by molar-refractivity contribution is 0.464. The lowest BCUT2D eigenvalue weighted by Crippen LogP contribution is -2.05. The van der Waals surface area contributed by atoms with Crippen LogP contribution in [0.25, 0.3) is 0 Å². The molecule has 3 aromatic rings. The van der Waals surface area contributed by atoms with Crippen molar-refractivity contribution in [1.82, 2.24) is 4.98 Å². The van der Waals surface area contributed by atoms with Crippen molar-refractivity contribution >= 4 is 11.5 Å². The van der Waals surface area contributed by atoms with Gasteiger partial charge in [0.15, 0.2) is 5.82 Å². The van der Waals surface area contributed by atoms with E-state index in [9.17, 15) is 0 Å². The lowest BCUT2D eigenvalue weighted by Gasteiger charge is -2.11. The molecule has 0 bridgehead atoms. The summed E-state index contributed by atoms with van der Waals surface area (Å²) in [5.41, 5.74) is 7.73. The first-order valence-corrected chi connectivity index (χ1v) is 7.08. The van der Waals surface area contributed by atoms with E-state index in [1.807, 2.05) is 60.7 Å². The summed E-state index contributed by atoms with van der Waals surface area (Å²) in [7, 11) is 0. The highest BCUT2D eigenvalue weighted by Gasteiger charge is 2.05. The van der Waals surface area contributed by atoms with Crippen molar-refractivity contribution in [3.8, 4) is 11.6 Å². The van der Waals surface area contributed by atoms with Gasteiger partial charge in [0.25, 0.3) is 0 Å². The average molecular weight is 291 g/mol. The quantitative estimate of drug-likeness (QED) is 0.744. The Hall–Kier alpha value is -3.01. The Morgan fingerprint density at radius 3 is 2.27 bits per heavy atom. The van der Waals surface area contributed by atoms with Gasteiger partial charge < -0.3 is 15.8 Å². The molecular formula is C18H17N3O. The zero-order chi connectivity index (χ0) is 15.2. The highest BCUT2D eigenvalue weighted by Crippen LogP contribution is 2.24. The number of nitrogen functional groups attached to an aromatic ring is 1. The van der Waals surface area contributed by atoms with E-state index in [-0.39, 0.29) is 0 Å². The predicted molar refractivity (Wildman–Crippen MR) is 88.9 cm³/mol. The van der Waals surface area contributed by atoms with Crippen LogP contribution in [-0.2, 0) is 6.54 Å². The largest absolute Gasteiger partial charge is 0.439 e. The van der Waals surface area contributed by atoms with Crippen molar-refractivity contribution in [2.24, 2.45) is 0 Å². The number of nitrogens with zero attached hydrogens (tertiary/aromatic N) is 1. The number of pyridine rings is 1. The number of ether oxygens (including phenoxy) is 1. The van der Waals surface area contributed by atoms with Gasteiger partial charge in [-0.25, -0.2) is 0 Å². The van der Waals surface area contributed by atoms with Gasteiger partial charge in [0.1, 0.15) is 5.75 Å². The number of hydrogen-bond donors (Lipinski definition) is 2. The van der Waals surface area contributed by atoms with E-state index in [4.69, 9.17) is 10.5 Å². The standard InChI is InChI=1S/C18H17N3O/c19-16-11-12-17(22-15-9-5-2-6-10-15)21-18(16)20-13-14-7-3-1-4-8-14/h1-12H,13,19H2,(H,20,21). The summed E-state index contributed by atoms with van der Waals surface area (Å²) in [5.74, 6) is 1.88. The Labute approximate surface area is 129 Å². The fourth-order valence-corrected chi connectivity index (χ4v) is 2.04. The molecule has 4 nitrogen and oxygen atoms in total. The first-order valence-electron chi connectivity index (χ1n) is 7.08. The molecule has 1 heterocycles. The van der Waals surface area contributed by atoms with Gasteiger partial charge in [-0.15, -0.1) is 0 Å². The number of nitrogens with two attached hydrogens (primary N) is 1. The van der Waals surface area contributed by atoms with Gasteiger partial charge in [-0.1, -0.05) is 48.5 Å². The molecule has 1 aromatic heterocycles. The monoisotopic (exact) mass is 291 g/mol. The van der Waals surface area contributed by atoms with Crippen molar-refractivity contribution in [1.29, 1.82) is 0 Å². The molecule has 22 heavy (non-hydrogen) atoms. The van der Waals surface area contributed by atoms with E-state index in [1.54, 1.807) is 12.1 Å². The van der Waals surface area contributed by atoms with Crippen LogP contribution in [0.4, 0.5) is 11.5 Å². The van der Waals surface area contributed by atoms with E-state index < -0.39 is 0 Å². The maximum absolute atomic E-state index is 5.97. The van der Waals surface area contributed by atoms with E-state index >= 15 is 0 Å². The van der Waals surface area contributed by atoms with E-state index in [0.717, 1.165) is 11.3 Å². The maximum atomic E-state index is 5.97. The Bertz CT molecular complexity index is 730. The highest BCUT2D eigenvalue weighted by atomic mass is 16.5. The number of hydrogen-bond acceptors (Lipinski definition) is 4. The first kappa shape index (κ1) is 13.9. The van der Waals surface area contributed by atoms with Crippen molar-refractivity contribution in [2.75, 3.05) is 11.1 Å². The number of anilines is 2. The molecular weight excluding hydrogens is 274 g/mol. The summed E-state index contributed by atoms with van der Waals surface area (Å²) in [6.07, 6.45) is 0. The van der Waals surface area contributed by atoms with Crippen LogP contribution in [0.5, 0.6) is 11.6 Å². The summed E-state index contributed by atoms with van der Waals surface area (Å²) in [5, 5.41) is 3.24. The van der Waals surface area contributed by atoms with Crippen LogP contribution in [0.3, 0.4) is 0 Å². The second-order valence-corrected chi connectivity index (χ2v) is 4.84. The molecule has 0 saturated heterocycles. The van der Waals surface area contributed by atoms with E-state index in [1.165, 1.54) is 0 Å². The second kappa shape index (κ2) is 6.63. The zero-order valence-electron chi connectivity index (χ0n) is 12.1. The molecule has 4 heteroatoms. The summed E-state index contributed by atoms with van der Waals surface area (Å²) >= 11 is 0. The van der Waals surface area contributed by atoms with Crippen LogP contribution in [-0.4, -0.2) is 4.98 Å². The molecule has 2 aromatic carbocycles. The molecule has 0 amide bonds. The third kappa shape index (κ3) is 3.55. The summed E-state index contributed by atoms with van der Waals surface area (Å²) in [4.78, 5) is 4.42. The minimum Gasteiger partial charge on any atom is -0.439 e. The van der Waals surface area contributed by atoms with Crippen molar-refractivity contribution in [2.45, 2.75) is 6.54 Å². The minimum absolute atomic E-state index is 0.510. The Kier molecular flexibility index (Phi) is 4.20. The molecule has 0 unspecified atom stereocenters. The van der Waals surface area contributed by atoms with Gasteiger partial charge >= 0.3 is 0 Å². The van der Waals surface area contributed by atoms with Gasteiger partial charge in [-0.05, 0) is 23.8 Å².